The van der Waals surface area contributed by atoms with Crippen LogP contribution in [0.5, 0.6) is 5.75 Å². The number of methoxy groups -OCH3 is 2. The van der Waals surface area contributed by atoms with Crippen LogP contribution in [0.25, 0.3) is 0 Å². The number of ether oxygens (including phenoxy) is 4. The molecule has 0 aliphatic carbocycles. The summed E-state index contributed by atoms with van der Waals surface area (Å²) in [7, 11) is 2.66. The van der Waals surface area contributed by atoms with Gasteiger partial charge in [0, 0.05) is 25.6 Å². The molecule has 1 unspecified atom stereocenters. The molecule has 1 aromatic carbocycles. The van der Waals surface area contributed by atoms with E-state index >= 15 is 0 Å². The van der Waals surface area contributed by atoms with Crippen molar-refractivity contribution in [1.29, 1.82) is 0 Å². The number of hydrogen-bond donors (Lipinski definition) is 0. The molecule has 7 heteroatoms. The first kappa shape index (κ1) is 20.9. The van der Waals surface area contributed by atoms with Crippen molar-refractivity contribution >= 4 is 11.9 Å². The number of carbonyl (C=O) groups excluding carboxylic acids is 2. The Bertz CT molecular complexity index is 758. The molecule has 1 saturated heterocycles. The zero-order valence-corrected chi connectivity index (χ0v) is 17.1. The SMILES string of the molecule is CCOc1ccc(C2C(C(=O)OC)=CN(CC3CCCO3)C=C2C(=O)OC)cc1. The van der Waals surface area contributed by atoms with Gasteiger partial charge in [0.05, 0.1) is 44.0 Å². The molecule has 2 aliphatic heterocycles. The van der Waals surface area contributed by atoms with Gasteiger partial charge in [0.25, 0.3) is 0 Å². The summed E-state index contributed by atoms with van der Waals surface area (Å²) in [6, 6.07) is 7.33. The normalized spacial score (nSPS) is 19.4. The molecule has 3 rings (SSSR count). The highest BCUT2D eigenvalue weighted by atomic mass is 16.5. The molecule has 0 aromatic heterocycles. The zero-order valence-electron chi connectivity index (χ0n) is 17.1. The summed E-state index contributed by atoms with van der Waals surface area (Å²) in [6.07, 6.45) is 5.49. The number of benzene rings is 1. The van der Waals surface area contributed by atoms with Crippen molar-refractivity contribution in [2.45, 2.75) is 31.8 Å². The maximum absolute atomic E-state index is 12.6. The van der Waals surface area contributed by atoms with Gasteiger partial charge in [0.15, 0.2) is 0 Å². The van der Waals surface area contributed by atoms with Gasteiger partial charge in [-0.2, -0.15) is 0 Å². The number of hydrogen-bond acceptors (Lipinski definition) is 7. The van der Waals surface area contributed by atoms with E-state index in [1.807, 2.05) is 36.1 Å². The maximum Gasteiger partial charge on any atom is 0.336 e. The monoisotopic (exact) mass is 401 g/mol. The Morgan fingerprint density at radius 2 is 1.69 bits per heavy atom. The highest BCUT2D eigenvalue weighted by Gasteiger charge is 2.35. The lowest BCUT2D eigenvalue weighted by molar-refractivity contribution is -0.137. The van der Waals surface area contributed by atoms with Gasteiger partial charge in [-0.25, -0.2) is 9.59 Å². The fourth-order valence-corrected chi connectivity index (χ4v) is 3.70. The van der Waals surface area contributed by atoms with E-state index in [1.54, 1.807) is 12.4 Å². The zero-order chi connectivity index (χ0) is 20.8. The number of carbonyl (C=O) groups is 2. The molecule has 0 saturated carbocycles. The topological polar surface area (TPSA) is 74.3 Å². The van der Waals surface area contributed by atoms with Crippen molar-refractivity contribution in [1.82, 2.24) is 4.90 Å². The lowest BCUT2D eigenvalue weighted by Crippen LogP contribution is -2.32. The van der Waals surface area contributed by atoms with E-state index in [9.17, 15) is 9.59 Å². The van der Waals surface area contributed by atoms with Crippen LogP contribution >= 0.6 is 0 Å². The maximum atomic E-state index is 12.6. The third-order valence-electron chi connectivity index (χ3n) is 5.04. The van der Waals surface area contributed by atoms with Crippen LogP contribution in [0.3, 0.4) is 0 Å². The van der Waals surface area contributed by atoms with Crippen molar-refractivity contribution < 1.29 is 28.5 Å². The van der Waals surface area contributed by atoms with E-state index in [0.29, 0.717) is 24.3 Å². The Labute approximate surface area is 170 Å². The van der Waals surface area contributed by atoms with Crippen molar-refractivity contribution in [2.24, 2.45) is 0 Å². The highest BCUT2D eigenvalue weighted by Crippen LogP contribution is 2.38. The molecule has 2 heterocycles. The first-order valence-corrected chi connectivity index (χ1v) is 9.77. The number of nitrogens with zero attached hydrogens (tertiary/aromatic N) is 1. The Morgan fingerprint density at radius 1 is 1.07 bits per heavy atom. The summed E-state index contributed by atoms with van der Waals surface area (Å²) >= 11 is 0. The molecule has 1 aromatic rings. The molecule has 7 nitrogen and oxygen atoms in total. The Kier molecular flexibility index (Phi) is 6.93. The van der Waals surface area contributed by atoms with E-state index < -0.39 is 17.9 Å². The smallest absolute Gasteiger partial charge is 0.336 e. The van der Waals surface area contributed by atoms with Gasteiger partial charge in [-0.05, 0) is 37.5 Å². The third kappa shape index (κ3) is 4.79. The van der Waals surface area contributed by atoms with Gasteiger partial charge in [0.1, 0.15) is 5.75 Å². The van der Waals surface area contributed by atoms with E-state index in [0.717, 1.165) is 30.8 Å². The van der Waals surface area contributed by atoms with Gasteiger partial charge in [-0.15, -0.1) is 0 Å². The average Bonchev–Trinajstić information content (AvgIpc) is 3.26. The van der Waals surface area contributed by atoms with E-state index in [2.05, 4.69) is 0 Å². The largest absolute Gasteiger partial charge is 0.494 e. The van der Waals surface area contributed by atoms with Crippen molar-refractivity contribution in [2.75, 3.05) is 34.0 Å². The minimum absolute atomic E-state index is 0.0577. The molecule has 0 amide bonds. The van der Waals surface area contributed by atoms with Crippen molar-refractivity contribution in [3.8, 4) is 5.75 Å². The number of esters is 2. The highest BCUT2D eigenvalue weighted by molar-refractivity contribution is 5.98. The van der Waals surface area contributed by atoms with E-state index in [-0.39, 0.29) is 6.10 Å². The second-order valence-electron chi connectivity index (χ2n) is 6.92. The summed E-state index contributed by atoms with van der Waals surface area (Å²) in [6.45, 7) is 3.75. The molecule has 1 fully saturated rings. The van der Waals surface area contributed by atoms with Crippen LogP contribution in [0.4, 0.5) is 0 Å². The van der Waals surface area contributed by atoms with Crippen LogP contribution in [-0.4, -0.2) is 56.9 Å². The molecular formula is C22H27NO6. The standard InChI is InChI=1S/C22H27NO6/c1-4-28-16-9-7-15(8-10-16)20-18(21(24)26-2)13-23(12-17-6-5-11-29-17)14-19(20)22(25)27-3/h7-10,13-14,17,20H,4-6,11-12H2,1-3H3. The summed E-state index contributed by atoms with van der Waals surface area (Å²) in [5, 5.41) is 0. The molecule has 29 heavy (non-hydrogen) atoms. The molecule has 1 atom stereocenters. The first-order chi connectivity index (χ1) is 14.1. The molecule has 2 aliphatic rings. The molecule has 0 spiro atoms. The van der Waals surface area contributed by atoms with Crippen LogP contribution in [0.2, 0.25) is 0 Å². The van der Waals surface area contributed by atoms with Gasteiger partial charge < -0.3 is 23.8 Å². The van der Waals surface area contributed by atoms with Crippen LogP contribution in [0.1, 0.15) is 31.2 Å². The Morgan fingerprint density at radius 3 is 2.17 bits per heavy atom. The Balaban J connectivity index is 1.98. The number of rotatable bonds is 7. The third-order valence-corrected chi connectivity index (χ3v) is 5.04. The molecule has 156 valence electrons. The fourth-order valence-electron chi connectivity index (χ4n) is 3.70. The second-order valence-corrected chi connectivity index (χ2v) is 6.92. The molecule has 0 radical (unpaired) electrons. The minimum Gasteiger partial charge on any atom is -0.494 e. The summed E-state index contributed by atoms with van der Waals surface area (Å²) in [4.78, 5) is 27.0. The summed E-state index contributed by atoms with van der Waals surface area (Å²) in [5.74, 6) is -0.850. The average molecular weight is 401 g/mol. The molecule has 0 N–H and O–H groups in total. The van der Waals surface area contributed by atoms with Crippen LogP contribution < -0.4 is 4.74 Å². The van der Waals surface area contributed by atoms with Crippen LogP contribution in [0, 0.1) is 0 Å². The molecular weight excluding hydrogens is 374 g/mol. The van der Waals surface area contributed by atoms with Gasteiger partial charge >= 0.3 is 11.9 Å². The summed E-state index contributed by atoms with van der Waals surface area (Å²) in [5.41, 5.74) is 1.52. The quantitative estimate of drug-likeness (QED) is 0.651. The predicted molar refractivity (Wildman–Crippen MR) is 106 cm³/mol. The van der Waals surface area contributed by atoms with Gasteiger partial charge in [-0.1, -0.05) is 12.1 Å². The minimum atomic E-state index is -0.591. The fraction of sp³-hybridized carbons (Fsp3) is 0.455. The van der Waals surface area contributed by atoms with Crippen molar-refractivity contribution in [3.05, 3.63) is 53.4 Å². The summed E-state index contributed by atoms with van der Waals surface area (Å²) < 4.78 is 21.2. The lowest BCUT2D eigenvalue weighted by atomic mass is 9.83. The van der Waals surface area contributed by atoms with Gasteiger partial charge in [-0.3, -0.25) is 0 Å². The second kappa shape index (κ2) is 9.60. The van der Waals surface area contributed by atoms with E-state index in [4.69, 9.17) is 18.9 Å². The molecule has 0 bridgehead atoms. The van der Waals surface area contributed by atoms with Gasteiger partial charge in [0.2, 0.25) is 0 Å². The predicted octanol–water partition coefficient (Wildman–Crippen LogP) is 2.78. The van der Waals surface area contributed by atoms with Crippen LogP contribution in [-0.2, 0) is 23.8 Å². The van der Waals surface area contributed by atoms with Crippen molar-refractivity contribution in [3.63, 3.8) is 0 Å². The Hall–Kier alpha value is -2.80. The lowest BCUT2D eigenvalue weighted by Gasteiger charge is -2.31. The first-order valence-electron chi connectivity index (χ1n) is 9.77. The van der Waals surface area contributed by atoms with E-state index in [1.165, 1.54) is 14.2 Å². The van der Waals surface area contributed by atoms with Crippen LogP contribution in [0.15, 0.2) is 47.8 Å².